The Morgan fingerprint density at radius 2 is 1.21 bits per heavy atom. The maximum atomic E-state index is 10.5. The molecule has 0 amide bonds. The van der Waals surface area contributed by atoms with E-state index >= 15 is 0 Å². The second-order valence-corrected chi connectivity index (χ2v) is 2.16. The number of hydrogen-bond donors (Lipinski definition) is 2. The van der Waals surface area contributed by atoms with Gasteiger partial charge >= 0.3 is 11.9 Å². The Labute approximate surface area is 169 Å². The van der Waals surface area contributed by atoms with Crippen LogP contribution in [0, 0.1) is 0 Å². The summed E-state index contributed by atoms with van der Waals surface area (Å²) in [5.41, 5.74) is -0.380. The van der Waals surface area contributed by atoms with Gasteiger partial charge < -0.3 is 10.2 Å². The van der Waals surface area contributed by atoms with Crippen LogP contribution in [0.5, 0.6) is 0 Å². The molecule has 1 aromatic carbocycles. The van der Waals surface area contributed by atoms with Crippen LogP contribution < -0.4 is 0 Å². The van der Waals surface area contributed by atoms with Crippen molar-refractivity contribution in [2.24, 2.45) is 0 Å². The van der Waals surface area contributed by atoms with Gasteiger partial charge in [-0.1, -0.05) is 12.1 Å². The van der Waals surface area contributed by atoms with Crippen LogP contribution in [0.4, 0.5) is 0 Å². The average molecular weight is 248 g/mol. The van der Waals surface area contributed by atoms with Gasteiger partial charge in [-0.3, -0.25) is 0 Å². The van der Waals surface area contributed by atoms with E-state index in [0.717, 1.165) is 0 Å². The first kappa shape index (κ1) is 17.8. The molecule has 0 heterocycles. The molecule has 0 unspecified atom stereocenters. The van der Waals surface area contributed by atoms with Gasteiger partial charge in [0.25, 0.3) is 0 Å². The predicted molar refractivity (Wildman–Crippen MR) is 56.1 cm³/mol. The number of carboxylic acid groups (broad SMARTS) is 2. The van der Waals surface area contributed by atoms with Crippen LogP contribution in [0.3, 0.4) is 0 Å². The largest absolute Gasteiger partial charge is 0.478 e. The molecule has 0 saturated heterocycles. The van der Waals surface area contributed by atoms with Crippen molar-refractivity contribution in [2.75, 3.05) is 0 Å². The molecule has 0 aromatic heterocycles. The molecule has 0 atom stereocenters. The second-order valence-electron chi connectivity index (χ2n) is 2.16. The Bertz CT molecular complexity index is 314. The Morgan fingerprint density at radius 1 is 0.929 bits per heavy atom. The van der Waals surface area contributed by atoms with Crippen molar-refractivity contribution in [1.29, 1.82) is 0 Å². The standard InChI is InChI=1S/C8H6O4.2K.2H2/c9-7(10)5-3-1-2-4-6(5)8(11)12;;;;/h1-4H,(H,9,10)(H,11,12);;;2*1H. The summed E-state index contributed by atoms with van der Waals surface area (Å²) in [6.07, 6.45) is 0. The molecule has 0 bridgehead atoms. The predicted octanol–water partition coefficient (Wildman–Crippen LogP) is 0.813. The molecule has 4 nitrogen and oxygen atoms in total. The number of carbonyl (C=O) groups is 2. The molecule has 1 aromatic rings. The summed E-state index contributed by atoms with van der Waals surface area (Å²) in [6.45, 7) is 0. The summed E-state index contributed by atoms with van der Waals surface area (Å²) in [4.78, 5) is 20.9. The second kappa shape index (κ2) is 8.57. The number of benzene rings is 1. The zero-order valence-corrected chi connectivity index (χ0v) is 14.3. The van der Waals surface area contributed by atoms with Gasteiger partial charge in [-0.25, -0.2) is 9.59 Å². The molecule has 2 radical (unpaired) electrons. The smallest absolute Gasteiger partial charge is 0.336 e. The van der Waals surface area contributed by atoms with Crippen LogP contribution in [0.1, 0.15) is 23.6 Å². The summed E-state index contributed by atoms with van der Waals surface area (Å²) >= 11 is 0. The molecule has 0 fully saturated rings. The normalized spacial score (nSPS) is 8.00. The van der Waals surface area contributed by atoms with E-state index in [1.54, 1.807) is 0 Å². The van der Waals surface area contributed by atoms with Crippen molar-refractivity contribution in [3.05, 3.63) is 35.4 Å². The van der Waals surface area contributed by atoms with Crippen LogP contribution in [0.25, 0.3) is 0 Å². The summed E-state index contributed by atoms with van der Waals surface area (Å²) in [5.74, 6) is -2.46. The monoisotopic (exact) mass is 248 g/mol. The maximum absolute atomic E-state index is 10.5. The first-order valence-corrected chi connectivity index (χ1v) is 3.18. The fraction of sp³-hybridized carbons (Fsp3) is 0. The zero-order chi connectivity index (χ0) is 9.14. The molecule has 0 spiro atoms. The maximum Gasteiger partial charge on any atom is 0.336 e. The van der Waals surface area contributed by atoms with E-state index in [4.69, 9.17) is 10.2 Å². The third-order valence-electron chi connectivity index (χ3n) is 1.39. The van der Waals surface area contributed by atoms with Gasteiger partial charge in [0.15, 0.2) is 0 Å². The minimum atomic E-state index is -1.23. The third-order valence-corrected chi connectivity index (χ3v) is 1.39. The molecule has 0 aliphatic carbocycles. The first-order valence-electron chi connectivity index (χ1n) is 3.18. The van der Waals surface area contributed by atoms with Crippen molar-refractivity contribution >= 4 is 115 Å². The van der Waals surface area contributed by atoms with Crippen molar-refractivity contribution in [2.45, 2.75) is 0 Å². The summed E-state index contributed by atoms with van der Waals surface area (Å²) in [7, 11) is 0. The zero-order valence-electron chi connectivity index (χ0n) is 8.02. The fourth-order valence-corrected chi connectivity index (χ4v) is 0.856. The Morgan fingerprint density at radius 3 is 1.43 bits per heavy atom. The number of rotatable bonds is 2. The summed E-state index contributed by atoms with van der Waals surface area (Å²) < 4.78 is 0. The SMILES string of the molecule is O=C(O)c1ccccc1C(=O)O.[HH].[HH].[K].[K]. The van der Waals surface area contributed by atoms with Gasteiger partial charge in [0.2, 0.25) is 0 Å². The molecular weight excluding hydrogens is 238 g/mol. The minimum absolute atomic E-state index is 0. The quantitative estimate of drug-likeness (QED) is 0.760. The Kier molecular flexibility index (Phi) is 10.9. The van der Waals surface area contributed by atoms with Gasteiger partial charge in [-0.2, -0.15) is 0 Å². The van der Waals surface area contributed by atoms with E-state index in [-0.39, 0.29) is 117 Å². The number of hydrogen-bond acceptors (Lipinski definition) is 2. The van der Waals surface area contributed by atoms with Crippen molar-refractivity contribution < 1.29 is 22.7 Å². The topological polar surface area (TPSA) is 74.6 Å². The summed E-state index contributed by atoms with van der Waals surface area (Å²) in [5, 5.41) is 17.1. The third kappa shape index (κ3) is 4.97. The van der Waals surface area contributed by atoms with Crippen molar-refractivity contribution in [1.82, 2.24) is 0 Å². The number of aromatic carboxylic acids is 2. The molecule has 0 aliphatic rings. The van der Waals surface area contributed by atoms with Crippen LogP contribution >= 0.6 is 0 Å². The van der Waals surface area contributed by atoms with Crippen LogP contribution in [-0.2, 0) is 0 Å². The molecular formula is C8H10K2O4. The van der Waals surface area contributed by atoms with Crippen molar-refractivity contribution in [3.63, 3.8) is 0 Å². The van der Waals surface area contributed by atoms with Gasteiger partial charge in [-0.15, -0.1) is 0 Å². The molecule has 6 heteroatoms. The van der Waals surface area contributed by atoms with Crippen LogP contribution in [0.2, 0.25) is 0 Å². The molecule has 68 valence electrons. The van der Waals surface area contributed by atoms with E-state index < -0.39 is 11.9 Å². The van der Waals surface area contributed by atoms with Gasteiger partial charge in [-0.05, 0) is 12.1 Å². The molecule has 0 aliphatic heterocycles. The van der Waals surface area contributed by atoms with Gasteiger partial charge in [0, 0.05) is 106 Å². The van der Waals surface area contributed by atoms with E-state index in [9.17, 15) is 9.59 Å². The van der Waals surface area contributed by atoms with E-state index in [2.05, 4.69) is 0 Å². The molecule has 1 rings (SSSR count). The molecule has 14 heavy (non-hydrogen) atoms. The van der Waals surface area contributed by atoms with Gasteiger partial charge in [0.1, 0.15) is 0 Å². The van der Waals surface area contributed by atoms with Crippen LogP contribution in [0.15, 0.2) is 24.3 Å². The first-order chi connectivity index (χ1) is 5.63. The van der Waals surface area contributed by atoms with Crippen LogP contribution in [-0.4, -0.2) is 125 Å². The average Bonchev–Trinajstić information content (AvgIpc) is 2.04. The van der Waals surface area contributed by atoms with E-state index in [1.165, 1.54) is 24.3 Å². The van der Waals surface area contributed by atoms with Crippen molar-refractivity contribution in [3.8, 4) is 0 Å². The van der Waals surface area contributed by atoms with E-state index in [1.807, 2.05) is 0 Å². The summed E-state index contributed by atoms with van der Waals surface area (Å²) in [6, 6.07) is 5.48. The Hall–Kier alpha value is 1.43. The molecule has 2 N–H and O–H groups in total. The van der Waals surface area contributed by atoms with Gasteiger partial charge in [0.05, 0.1) is 11.1 Å². The number of carboxylic acids is 2. The minimum Gasteiger partial charge on any atom is -0.478 e. The fourth-order valence-electron chi connectivity index (χ4n) is 0.856. The van der Waals surface area contributed by atoms with E-state index in [0.29, 0.717) is 0 Å². The Balaban J connectivity index is -0.000000180. The molecule has 0 saturated carbocycles.